The summed E-state index contributed by atoms with van der Waals surface area (Å²) in [5.41, 5.74) is 0. The van der Waals surface area contributed by atoms with Gasteiger partial charge in [-0.05, 0) is 0 Å². The average molecular weight is 241 g/mol. The average Bonchev–Trinajstić information content (AvgIpc) is 1.77. The third kappa shape index (κ3) is 12.9. The SMILES string of the molecule is CC(=O)N(C(C)=O)C(C)=O.O=P(O)(O)O. The fourth-order valence-corrected chi connectivity index (χ4v) is 0.665. The van der Waals surface area contributed by atoms with E-state index in [4.69, 9.17) is 19.2 Å². The highest BCUT2D eigenvalue weighted by molar-refractivity contribution is 7.45. The molecule has 0 saturated carbocycles. The van der Waals surface area contributed by atoms with Crippen molar-refractivity contribution in [3.05, 3.63) is 0 Å². The summed E-state index contributed by atoms with van der Waals surface area (Å²) in [6.45, 7) is 3.51. The first-order valence-corrected chi connectivity index (χ1v) is 5.13. The number of carbonyl (C=O) groups excluding carboxylic acids is 3. The summed E-state index contributed by atoms with van der Waals surface area (Å²) >= 11 is 0. The van der Waals surface area contributed by atoms with E-state index in [1.165, 1.54) is 20.8 Å². The number of nitrogens with zero attached hydrogens (tertiary/aromatic N) is 1. The van der Waals surface area contributed by atoms with Crippen molar-refractivity contribution in [1.82, 2.24) is 4.90 Å². The van der Waals surface area contributed by atoms with Crippen molar-refractivity contribution in [1.29, 1.82) is 0 Å². The normalized spacial score (nSPS) is 9.73. The number of hydrogen-bond donors (Lipinski definition) is 3. The van der Waals surface area contributed by atoms with Crippen molar-refractivity contribution in [2.24, 2.45) is 0 Å². The van der Waals surface area contributed by atoms with Crippen LogP contribution >= 0.6 is 7.82 Å². The lowest BCUT2D eigenvalue weighted by Crippen LogP contribution is -2.37. The highest BCUT2D eigenvalue weighted by Crippen LogP contribution is 2.25. The van der Waals surface area contributed by atoms with Crippen molar-refractivity contribution in [2.75, 3.05) is 0 Å². The molecule has 0 aliphatic rings. The molecule has 0 aliphatic heterocycles. The lowest BCUT2D eigenvalue weighted by Gasteiger charge is -2.10. The van der Waals surface area contributed by atoms with Gasteiger partial charge in [0.1, 0.15) is 0 Å². The van der Waals surface area contributed by atoms with Gasteiger partial charge in [0, 0.05) is 20.8 Å². The number of hydrogen-bond acceptors (Lipinski definition) is 4. The van der Waals surface area contributed by atoms with Crippen LogP contribution in [0.5, 0.6) is 0 Å². The van der Waals surface area contributed by atoms with Gasteiger partial charge in [-0.3, -0.25) is 14.4 Å². The lowest BCUT2D eigenvalue weighted by molar-refractivity contribution is -0.150. The summed E-state index contributed by atoms with van der Waals surface area (Å²) in [4.78, 5) is 53.7. The summed E-state index contributed by atoms with van der Waals surface area (Å²) < 4.78 is 8.88. The van der Waals surface area contributed by atoms with Crippen LogP contribution in [-0.4, -0.2) is 37.3 Å². The van der Waals surface area contributed by atoms with Crippen molar-refractivity contribution >= 4 is 25.5 Å². The first-order valence-electron chi connectivity index (χ1n) is 3.57. The standard InChI is InChI=1S/C6H9NO3.H3O4P/c1-4(8)7(5(2)9)6(3)10;1-5(2,3)4/h1-3H3;(H3,1,2,3,4). The largest absolute Gasteiger partial charge is 0.466 e. The van der Waals surface area contributed by atoms with Crippen LogP contribution in [0.4, 0.5) is 0 Å². The number of imide groups is 3. The Kier molecular flexibility index (Phi) is 6.99. The Morgan fingerprint density at radius 1 is 0.867 bits per heavy atom. The maximum Gasteiger partial charge on any atom is 0.466 e. The molecule has 0 spiro atoms. The van der Waals surface area contributed by atoms with Gasteiger partial charge in [0.25, 0.3) is 0 Å². The van der Waals surface area contributed by atoms with E-state index in [0.29, 0.717) is 4.90 Å². The van der Waals surface area contributed by atoms with E-state index < -0.39 is 25.5 Å². The molecule has 3 N–H and O–H groups in total. The smallest absolute Gasteiger partial charge is 0.303 e. The van der Waals surface area contributed by atoms with E-state index in [-0.39, 0.29) is 0 Å². The third-order valence-corrected chi connectivity index (χ3v) is 0.945. The van der Waals surface area contributed by atoms with Gasteiger partial charge in [0.05, 0.1) is 0 Å². The maximum absolute atomic E-state index is 10.5. The fraction of sp³-hybridized carbons (Fsp3) is 0.500. The van der Waals surface area contributed by atoms with Crippen LogP contribution in [-0.2, 0) is 18.9 Å². The zero-order valence-corrected chi connectivity index (χ0v) is 9.26. The van der Waals surface area contributed by atoms with E-state index in [1.807, 2.05) is 0 Å². The quantitative estimate of drug-likeness (QED) is 0.463. The van der Waals surface area contributed by atoms with Crippen molar-refractivity contribution in [3.63, 3.8) is 0 Å². The molecule has 0 aliphatic carbocycles. The number of rotatable bonds is 0. The Bertz CT molecular complexity index is 265. The first-order chi connectivity index (χ1) is 6.46. The molecule has 15 heavy (non-hydrogen) atoms. The van der Waals surface area contributed by atoms with Crippen LogP contribution in [0.15, 0.2) is 0 Å². The van der Waals surface area contributed by atoms with Gasteiger partial charge in [-0.25, -0.2) is 9.46 Å². The van der Waals surface area contributed by atoms with E-state index in [2.05, 4.69) is 0 Å². The second-order valence-corrected chi connectivity index (χ2v) is 3.43. The van der Waals surface area contributed by atoms with E-state index >= 15 is 0 Å². The second kappa shape index (κ2) is 6.41. The highest BCUT2D eigenvalue weighted by atomic mass is 31.2. The molecule has 3 amide bonds. The summed E-state index contributed by atoms with van der Waals surface area (Å²) in [7, 11) is -4.64. The molecule has 0 bridgehead atoms. The van der Waals surface area contributed by atoms with Crippen molar-refractivity contribution in [2.45, 2.75) is 20.8 Å². The van der Waals surface area contributed by atoms with Gasteiger partial charge < -0.3 is 14.7 Å². The summed E-state index contributed by atoms with van der Waals surface area (Å²) in [5.74, 6) is -1.62. The van der Waals surface area contributed by atoms with Crippen molar-refractivity contribution in [3.8, 4) is 0 Å². The van der Waals surface area contributed by atoms with Gasteiger partial charge in [-0.2, -0.15) is 0 Å². The molecule has 0 radical (unpaired) electrons. The molecule has 8 nitrogen and oxygen atoms in total. The predicted octanol–water partition coefficient (Wildman–Crippen LogP) is -1.00. The molecule has 0 heterocycles. The van der Waals surface area contributed by atoms with E-state index in [9.17, 15) is 14.4 Å². The van der Waals surface area contributed by atoms with Crippen LogP contribution in [0.3, 0.4) is 0 Å². The topological polar surface area (TPSA) is 132 Å². The highest BCUT2D eigenvalue weighted by Gasteiger charge is 2.17. The third-order valence-electron chi connectivity index (χ3n) is 0.945. The van der Waals surface area contributed by atoms with Crippen LogP contribution in [0.2, 0.25) is 0 Å². The molecule has 88 valence electrons. The maximum atomic E-state index is 10.5. The Morgan fingerprint density at radius 2 is 1.00 bits per heavy atom. The molecule has 9 heteroatoms. The molecule has 0 saturated heterocycles. The summed E-state index contributed by atoms with van der Waals surface area (Å²) in [6.07, 6.45) is 0. The molecule has 0 aromatic carbocycles. The predicted molar refractivity (Wildman–Crippen MR) is 48.1 cm³/mol. The Hall–Kier alpha value is -1.08. The van der Waals surface area contributed by atoms with Crippen LogP contribution in [0, 0.1) is 0 Å². The first kappa shape index (κ1) is 16.4. The zero-order valence-electron chi connectivity index (χ0n) is 8.37. The van der Waals surface area contributed by atoms with Gasteiger partial charge >= 0.3 is 7.82 Å². The Balaban J connectivity index is 0. The molecule has 0 aromatic heterocycles. The summed E-state index contributed by atoms with van der Waals surface area (Å²) in [5, 5.41) is 0. The van der Waals surface area contributed by atoms with E-state index in [1.54, 1.807) is 0 Å². The zero-order chi connectivity index (χ0) is 12.8. The summed E-state index contributed by atoms with van der Waals surface area (Å²) in [6, 6.07) is 0. The molecule has 0 aromatic rings. The number of amides is 3. The minimum Gasteiger partial charge on any atom is -0.303 e. The molecule has 0 unspecified atom stereocenters. The van der Waals surface area contributed by atoms with Gasteiger partial charge in [0.2, 0.25) is 17.7 Å². The van der Waals surface area contributed by atoms with Gasteiger partial charge in [-0.15, -0.1) is 0 Å². The number of phosphoric acid groups is 1. The minimum absolute atomic E-state index is 0.542. The van der Waals surface area contributed by atoms with E-state index in [0.717, 1.165) is 0 Å². The fourth-order valence-electron chi connectivity index (χ4n) is 0.665. The van der Waals surface area contributed by atoms with Gasteiger partial charge in [0.15, 0.2) is 0 Å². The molecule has 0 atom stereocenters. The monoisotopic (exact) mass is 241 g/mol. The van der Waals surface area contributed by atoms with Crippen molar-refractivity contribution < 1.29 is 33.6 Å². The lowest BCUT2D eigenvalue weighted by atomic mass is 10.4. The van der Waals surface area contributed by atoms with Crippen LogP contribution in [0.25, 0.3) is 0 Å². The van der Waals surface area contributed by atoms with Crippen LogP contribution in [0.1, 0.15) is 20.8 Å². The molecular weight excluding hydrogens is 229 g/mol. The molecule has 0 fully saturated rings. The van der Waals surface area contributed by atoms with Crippen LogP contribution < -0.4 is 0 Å². The Labute approximate surface area is 85.7 Å². The Morgan fingerprint density at radius 3 is 1.00 bits per heavy atom. The van der Waals surface area contributed by atoms with Gasteiger partial charge in [-0.1, -0.05) is 0 Å². The minimum atomic E-state index is -4.64. The molecular formula is C6H12NO7P. The number of carbonyl (C=O) groups is 3. The molecule has 0 rings (SSSR count). The second-order valence-electron chi connectivity index (χ2n) is 2.41.